The zero-order chi connectivity index (χ0) is 14.0. The van der Waals surface area contributed by atoms with Gasteiger partial charge < -0.3 is 10.3 Å². The van der Waals surface area contributed by atoms with E-state index in [0.29, 0.717) is 6.54 Å². The van der Waals surface area contributed by atoms with E-state index in [1.807, 2.05) is 20.9 Å². The van der Waals surface area contributed by atoms with Crippen LogP contribution in [0.15, 0.2) is 23.3 Å². The smallest absolute Gasteiger partial charge is 0.257 e. The van der Waals surface area contributed by atoms with Crippen LogP contribution in [0, 0.1) is 13.8 Å². The first-order chi connectivity index (χ1) is 9.00. The first-order valence-electron chi connectivity index (χ1n) is 5.95. The van der Waals surface area contributed by atoms with Crippen LogP contribution in [0.3, 0.4) is 0 Å². The fraction of sp³-hybridized carbons (Fsp3) is 0.308. The van der Waals surface area contributed by atoms with Gasteiger partial charge in [-0.2, -0.15) is 5.10 Å². The number of nitrogens with one attached hydrogen (secondary N) is 2. The molecule has 0 aromatic carbocycles. The minimum absolute atomic E-state index is 0.113. The minimum atomic E-state index is -0.385. The molecule has 2 aromatic heterocycles. The third-order valence-corrected chi connectivity index (χ3v) is 3.15. The third-order valence-electron chi connectivity index (χ3n) is 3.15. The zero-order valence-electron chi connectivity index (χ0n) is 11.2. The standard InChI is InChI=1S/C13H16N4O2/c1-8-10(9(2)17(3)16-8)7-15-13(19)11-6-14-5-4-12(11)18/h4-6H,7H2,1-3H3,(H,14,18)(H,15,19). The molecule has 0 aliphatic heterocycles. The average molecular weight is 260 g/mol. The van der Waals surface area contributed by atoms with Gasteiger partial charge in [0, 0.05) is 43.3 Å². The van der Waals surface area contributed by atoms with Crippen LogP contribution in [0.2, 0.25) is 0 Å². The normalized spacial score (nSPS) is 10.5. The topological polar surface area (TPSA) is 79.8 Å². The van der Waals surface area contributed by atoms with Crippen LogP contribution in [0.5, 0.6) is 0 Å². The molecule has 0 saturated heterocycles. The van der Waals surface area contributed by atoms with Crippen molar-refractivity contribution in [2.45, 2.75) is 20.4 Å². The van der Waals surface area contributed by atoms with E-state index in [1.165, 1.54) is 18.5 Å². The van der Waals surface area contributed by atoms with Crippen LogP contribution in [0.1, 0.15) is 27.3 Å². The lowest BCUT2D eigenvalue weighted by atomic mass is 10.2. The molecule has 0 bridgehead atoms. The van der Waals surface area contributed by atoms with Crippen LogP contribution < -0.4 is 10.7 Å². The average Bonchev–Trinajstić information content (AvgIpc) is 2.61. The summed E-state index contributed by atoms with van der Waals surface area (Å²) in [5, 5.41) is 7.02. The molecule has 0 atom stereocenters. The second-order valence-electron chi connectivity index (χ2n) is 4.38. The predicted octanol–water partition coefficient (Wildman–Crippen LogP) is 0.655. The van der Waals surface area contributed by atoms with E-state index in [9.17, 15) is 9.59 Å². The van der Waals surface area contributed by atoms with Crippen molar-refractivity contribution in [1.82, 2.24) is 20.1 Å². The van der Waals surface area contributed by atoms with Gasteiger partial charge in [0.05, 0.1) is 5.69 Å². The van der Waals surface area contributed by atoms with E-state index in [1.54, 1.807) is 4.68 Å². The summed E-state index contributed by atoms with van der Waals surface area (Å²) in [7, 11) is 1.86. The van der Waals surface area contributed by atoms with E-state index in [0.717, 1.165) is 17.0 Å². The summed E-state index contributed by atoms with van der Waals surface area (Å²) in [4.78, 5) is 26.2. The maximum Gasteiger partial charge on any atom is 0.257 e. The quantitative estimate of drug-likeness (QED) is 0.850. The summed E-state index contributed by atoms with van der Waals surface area (Å²) in [6, 6.07) is 1.33. The van der Waals surface area contributed by atoms with Gasteiger partial charge in [-0.25, -0.2) is 0 Å². The molecule has 6 nitrogen and oxygen atoms in total. The van der Waals surface area contributed by atoms with Crippen molar-refractivity contribution in [3.8, 4) is 0 Å². The zero-order valence-corrected chi connectivity index (χ0v) is 11.2. The highest BCUT2D eigenvalue weighted by Crippen LogP contribution is 2.11. The number of hydrogen-bond donors (Lipinski definition) is 2. The summed E-state index contributed by atoms with van der Waals surface area (Å²) in [6.07, 6.45) is 2.90. The second kappa shape index (κ2) is 5.09. The summed E-state index contributed by atoms with van der Waals surface area (Å²) in [5.41, 5.74) is 2.67. The second-order valence-corrected chi connectivity index (χ2v) is 4.38. The highest BCUT2D eigenvalue weighted by atomic mass is 16.2. The van der Waals surface area contributed by atoms with Crippen molar-refractivity contribution in [2.75, 3.05) is 0 Å². The first kappa shape index (κ1) is 13.1. The molecule has 19 heavy (non-hydrogen) atoms. The molecular weight excluding hydrogens is 244 g/mol. The fourth-order valence-electron chi connectivity index (χ4n) is 1.93. The number of rotatable bonds is 3. The van der Waals surface area contributed by atoms with Gasteiger partial charge in [0.2, 0.25) is 0 Å². The molecule has 2 heterocycles. The van der Waals surface area contributed by atoms with Gasteiger partial charge in [-0.15, -0.1) is 0 Å². The van der Waals surface area contributed by atoms with Gasteiger partial charge in [-0.3, -0.25) is 14.3 Å². The molecule has 0 saturated carbocycles. The Bertz CT molecular complexity index is 670. The van der Waals surface area contributed by atoms with Gasteiger partial charge in [0.25, 0.3) is 5.91 Å². The maximum atomic E-state index is 11.9. The molecule has 1 amide bonds. The van der Waals surface area contributed by atoms with Gasteiger partial charge >= 0.3 is 0 Å². The summed E-state index contributed by atoms with van der Waals surface area (Å²) in [5.74, 6) is -0.385. The van der Waals surface area contributed by atoms with E-state index in [-0.39, 0.29) is 16.9 Å². The molecule has 100 valence electrons. The van der Waals surface area contributed by atoms with Crippen LogP contribution in [-0.4, -0.2) is 20.7 Å². The van der Waals surface area contributed by atoms with Crippen LogP contribution >= 0.6 is 0 Å². The van der Waals surface area contributed by atoms with Crippen molar-refractivity contribution >= 4 is 5.91 Å². The van der Waals surface area contributed by atoms with Crippen molar-refractivity contribution in [1.29, 1.82) is 0 Å². The van der Waals surface area contributed by atoms with E-state index in [2.05, 4.69) is 15.4 Å². The Labute approximate surface area is 110 Å². The summed E-state index contributed by atoms with van der Waals surface area (Å²) < 4.78 is 1.77. The molecule has 2 rings (SSSR count). The number of H-pyrrole nitrogens is 1. The molecular formula is C13H16N4O2. The Balaban J connectivity index is 2.13. The molecule has 0 unspecified atom stereocenters. The Morgan fingerprint density at radius 1 is 1.47 bits per heavy atom. The molecule has 0 radical (unpaired) electrons. The number of aryl methyl sites for hydroxylation is 2. The molecule has 6 heteroatoms. The Hall–Kier alpha value is -2.37. The maximum absolute atomic E-state index is 11.9. The number of carbonyl (C=O) groups is 1. The predicted molar refractivity (Wildman–Crippen MR) is 70.9 cm³/mol. The summed E-state index contributed by atoms with van der Waals surface area (Å²) >= 11 is 0. The van der Waals surface area contributed by atoms with E-state index < -0.39 is 0 Å². The highest BCUT2D eigenvalue weighted by Gasteiger charge is 2.13. The summed E-state index contributed by atoms with van der Waals surface area (Å²) in [6.45, 7) is 4.19. The molecule has 2 aromatic rings. The lowest BCUT2D eigenvalue weighted by Crippen LogP contribution is -2.28. The van der Waals surface area contributed by atoms with Crippen LogP contribution in [0.4, 0.5) is 0 Å². The third kappa shape index (κ3) is 2.57. The number of carbonyl (C=O) groups excluding carboxylic acids is 1. The van der Waals surface area contributed by atoms with Gasteiger partial charge in [0.15, 0.2) is 5.43 Å². The number of pyridine rings is 1. The fourth-order valence-corrected chi connectivity index (χ4v) is 1.93. The highest BCUT2D eigenvalue weighted by molar-refractivity contribution is 5.93. The molecule has 2 N–H and O–H groups in total. The van der Waals surface area contributed by atoms with Crippen molar-refractivity contribution < 1.29 is 4.79 Å². The van der Waals surface area contributed by atoms with Crippen LogP contribution in [-0.2, 0) is 13.6 Å². The molecule has 0 aliphatic rings. The van der Waals surface area contributed by atoms with E-state index >= 15 is 0 Å². The largest absolute Gasteiger partial charge is 0.367 e. The lowest BCUT2D eigenvalue weighted by molar-refractivity contribution is 0.0949. The SMILES string of the molecule is Cc1nn(C)c(C)c1CNC(=O)c1c[nH]ccc1=O. The van der Waals surface area contributed by atoms with Gasteiger partial charge in [-0.05, 0) is 13.8 Å². The van der Waals surface area contributed by atoms with Gasteiger partial charge in [0.1, 0.15) is 5.56 Å². The minimum Gasteiger partial charge on any atom is -0.367 e. The van der Waals surface area contributed by atoms with Crippen molar-refractivity contribution in [2.24, 2.45) is 7.05 Å². The van der Waals surface area contributed by atoms with Crippen molar-refractivity contribution in [3.63, 3.8) is 0 Å². The number of amides is 1. The molecule has 0 aliphatic carbocycles. The lowest BCUT2D eigenvalue weighted by Gasteiger charge is -2.05. The number of aromatic amines is 1. The van der Waals surface area contributed by atoms with E-state index in [4.69, 9.17) is 0 Å². The Kier molecular flexibility index (Phi) is 3.50. The molecule has 0 fully saturated rings. The Morgan fingerprint density at radius 3 is 2.79 bits per heavy atom. The first-order valence-corrected chi connectivity index (χ1v) is 5.95. The van der Waals surface area contributed by atoms with Crippen molar-refractivity contribution in [3.05, 3.63) is 51.2 Å². The number of hydrogen-bond acceptors (Lipinski definition) is 3. The Morgan fingerprint density at radius 2 is 2.21 bits per heavy atom. The number of nitrogens with zero attached hydrogens (tertiary/aromatic N) is 2. The number of aromatic nitrogens is 3. The van der Waals surface area contributed by atoms with Gasteiger partial charge in [-0.1, -0.05) is 0 Å². The molecule has 0 spiro atoms. The monoisotopic (exact) mass is 260 g/mol. The van der Waals surface area contributed by atoms with Crippen LogP contribution in [0.25, 0.3) is 0 Å².